The smallest absolute Gasteiger partial charge is 0.0335 e. The van der Waals surface area contributed by atoms with Gasteiger partial charge in [-0.2, -0.15) is 0 Å². The van der Waals surface area contributed by atoms with Gasteiger partial charge in [0.15, 0.2) is 0 Å². The second-order valence-corrected chi connectivity index (χ2v) is 6.95. The molecular weight excluding hydrogens is 234 g/mol. The molecule has 0 bridgehead atoms. The van der Waals surface area contributed by atoms with Gasteiger partial charge in [-0.25, -0.2) is 0 Å². The number of nitrogens with zero attached hydrogens (tertiary/aromatic N) is 2. The predicted octanol–water partition coefficient (Wildman–Crippen LogP) is 2.45. The van der Waals surface area contributed by atoms with Crippen LogP contribution in [0.25, 0.3) is 0 Å². The Morgan fingerprint density at radius 1 is 1.05 bits per heavy atom. The van der Waals surface area contributed by atoms with E-state index in [4.69, 9.17) is 5.73 Å². The van der Waals surface area contributed by atoms with Crippen molar-refractivity contribution in [2.24, 2.45) is 5.73 Å². The van der Waals surface area contributed by atoms with Crippen LogP contribution in [0.1, 0.15) is 57.8 Å². The second kappa shape index (κ2) is 7.05. The van der Waals surface area contributed by atoms with Gasteiger partial charge in [-0.3, -0.25) is 4.90 Å². The minimum atomic E-state index is 0.317. The molecule has 0 radical (unpaired) electrons. The molecule has 1 aliphatic heterocycles. The number of likely N-dealkylation sites (tertiary alicyclic amines) is 1. The highest BCUT2D eigenvalue weighted by Gasteiger charge is 2.41. The lowest BCUT2D eigenvalue weighted by Gasteiger charge is -2.46. The first-order valence-corrected chi connectivity index (χ1v) is 8.29. The molecule has 1 saturated carbocycles. The van der Waals surface area contributed by atoms with E-state index in [0.717, 1.165) is 12.6 Å². The zero-order valence-electron chi connectivity index (χ0n) is 13.0. The summed E-state index contributed by atoms with van der Waals surface area (Å²) in [5.41, 5.74) is 6.59. The Bertz CT molecular complexity index is 257. The van der Waals surface area contributed by atoms with E-state index in [2.05, 4.69) is 23.9 Å². The van der Waals surface area contributed by atoms with E-state index < -0.39 is 0 Å². The maximum Gasteiger partial charge on any atom is 0.0335 e. The van der Waals surface area contributed by atoms with Crippen LogP contribution in [0.15, 0.2) is 0 Å². The molecule has 1 atom stereocenters. The van der Waals surface area contributed by atoms with Crippen molar-refractivity contribution >= 4 is 0 Å². The summed E-state index contributed by atoms with van der Waals surface area (Å²) in [5.74, 6) is 0. The Labute approximate surface area is 119 Å². The van der Waals surface area contributed by atoms with Crippen molar-refractivity contribution in [1.82, 2.24) is 9.80 Å². The molecule has 3 nitrogen and oxygen atoms in total. The van der Waals surface area contributed by atoms with Gasteiger partial charge in [0.1, 0.15) is 0 Å². The molecule has 2 rings (SSSR count). The van der Waals surface area contributed by atoms with Crippen molar-refractivity contribution in [2.45, 2.75) is 69.4 Å². The Morgan fingerprint density at radius 2 is 1.68 bits per heavy atom. The molecule has 1 aliphatic carbocycles. The molecule has 0 spiro atoms. The highest BCUT2D eigenvalue weighted by atomic mass is 15.3. The molecule has 19 heavy (non-hydrogen) atoms. The van der Waals surface area contributed by atoms with Crippen LogP contribution < -0.4 is 5.73 Å². The Morgan fingerprint density at radius 3 is 2.26 bits per heavy atom. The van der Waals surface area contributed by atoms with Crippen LogP contribution >= 0.6 is 0 Å². The van der Waals surface area contributed by atoms with Crippen molar-refractivity contribution in [1.29, 1.82) is 0 Å². The van der Waals surface area contributed by atoms with Gasteiger partial charge in [-0.15, -0.1) is 0 Å². The van der Waals surface area contributed by atoms with E-state index >= 15 is 0 Å². The molecular formula is C16H33N3. The van der Waals surface area contributed by atoms with Crippen molar-refractivity contribution in [3.63, 3.8) is 0 Å². The van der Waals surface area contributed by atoms with Gasteiger partial charge >= 0.3 is 0 Å². The number of rotatable bonds is 4. The first-order valence-electron chi connectivity index (χ1n) is 8.29. The van der Waals surface area contributed by atoms with Gasteiger partial charge in [0.05, 0.1) is 0 Å². The fraction of sp³-hybridized carbons (Fsp3) is 1.00. The average Bonchev–Trinajstić information content (AvgIpc) is 2.78. The first kappa shape index (κ1) is 15.3. The lowest BCUT2D eigenvalue weighted by molar-refractivity contribution is 0.0451. The molecule has 3 heteroatoms. The van der Waals surface area contributed by atoms with Gasteiger partial charge in [-0.1, -0.05) is 32.1 Å². The molecule has 1 unspecified atom stereocenters. The number of nitrogens with two attached hydrogens (primary N) is 1. The maximum atomic E-state index is 6.28. The van der Waals surface area contributed by atoms with Gasteiger partial charge in [0.25, 0.3) is 0 Å². The fourth-order valence-corrected chi connectivity index (χ4v) is 4.24. The summed E-state index contributed by atoms with van der Waals surface area (Å²) in [5, 5.41) is 0. The third-order valence-corrected chi connectivity index (χ3v) is 5.23. The third-order valence-electron chi connectivity index (χ3n) is 5.23. The van der Waals surface area contributed by atoms with Gasteiger partial charge < -0.3 is 10.6 Å². The zero-order valence-corrected chi connectivity index (χ0v) is 13.0. The fourth-order valence-electron chi connectivity index (χ4n) is 4.24. The van der Waals surface area contributed by atoms with E-state index in [1.165, 1.54) is 70.9 Å². The molecule has 0 aromatic rings. The molecule has 1 saturated heterocycles. The minimum absolute atomic E-state index is 0.317. The van der Waals surface area contributed by atoms with Gasteiger partial charge in [0, 0.05) is 24.7 Å². The van der Waals surface area contributed by atoms with Crippen LogP contribution in [-0.4, -0.2) is 55.1 Å². The largest absolute Gasteiger partial charge is 0.329 e. The maximum absolute atomic E-state index is 6.28. The van der Waals surface area contributed by atoms with Crippen LogP contribution in [-0.2, 0) is 0 Å². The van der Waals surface area contributed by atoms with Crippen LogP contribution in [0.5, 0.6) is 0 Å². The molecule has 1 heterocycles. The Balaban J connectivity index is 2.08. The van der Waals surface area contributed by atoms with Crippen molar-refractivity contribution in [3.8, 4) is 0 Å². The van der Waals surface area contributed by atoms with Crippen LogP contribution in [0.3, 0.4) is 0 Å². The molecule has 2 fully saturated rings. The second-order valence-electron chi connectivity index (χ2n) is 6.95. The lowest BCUT2D eigenvalue weighted by atomic mass is 9.82. The van der Waals surface area contributed by atoms with Crippen LogP contribution in [0, 0.1) is 0 Å². The molecule has 112 valence electrons. The quantitative estimate of drug-likeness (QED) is 0.849. The molecule has 0 amide bonds. The predicted molar refractivity (Wildman–Crippen MR) is 82.4 cm³/mol. The van der Waals surface area contributed by atoms with Crippen molar-refractivity contribution < 1.29 is 0 Å². The van der Waals surface area contributed by atoms with E-state index in [9.17, 15) is 0 Å². The molecule has 0 aromatic heterocycles. The van der Waals surface area contributed by atoms with E-state index in [0.29, 0.717) is 5.54 Å². The summed E-state index contributed by atoms with van der Waals surface area (Å²) >= 11 is 0. The number of likely N-dealkylation sites (N-methyl/N-ethyl adjacent to an activating group) is 1. The van der Waals surface area contributed by atoms with Crippen molar-refractivity contribution in [3.05, 3.63) is 0 Å². The van der Waals surface area contributed by atoms with E-state index in [1.807, 2.05) is 0 Å². The van der Waals surface area contributed by atoms with Crippen molar-refractivity contribution in [2.75, 3.05) is 33.7 Å². The highest BCUT2D eigenvalue weighted by Crippen LogP contribution is 2.36. The molecule has 2 aliphatic rings. The third kappa shape index (κ3) is 3.71. The highest BCUT2D eigenvalue weighted by molar-refractivity contribution is 4.98. The standard InChI is InChI=1S/C16H33N3/c1-18(2)13-15-9-8-12-19(15)16(14-17)10-6-4-3-5-7-11-16/h15H,3-14,17H2,1-2H3. The van der Waals surface area contributed by atoms with Crippen LogP contribution in [0.2, 0.25) is 0 Å². The summed E-state index contributed by atoms with van der Waals surface area (Å²) in [7, 11) is 4.40. The van der Waals surface area contributed by atoms with Crippen LogP contribution in [0.4, 0.5) is 0 Å². The topological polar surface area (TPSA) is 32.5 Å². The Hall–Kier alpha value is -0.120. The normalized spacial score (nSPS) is 29.4. The lowest BCUT2D eigenvalue weighted by Crippen LogP contribution is -2.57. The number of hydrogen-bond acceptors (Lipinski definition) is 3. The molecule has 0 aromatic carbocycles. The van der Waals surface area contributed by atoms with Gasteiger partial charge in [0.2, 0.25) is 0 Å². The molecule has 2 N–H and O–H groups in total. The van der Waals surface area contributed by atoms with Gasteiger partial charge in [-0.05, 0) is 46.3 Å². The summed E-state index contributed by atoms with van der Waals surface area (Å²) in [6.07, 6.45) is 12.4. The summed E-state index contributed by atoms with van der Waals surface area (Å²) in [6.45, 7) is 3.33. The summed E-state index contributed by atoms with van der Waals surface area (Å²) < 4.78 is 0. The summed E-state index contributed by atoms with van der Waals surface area (Å²) in [4.78, 5) is 5.15. The monoisotopic (exact) mass is 267 g/mol. The Kier molecular flexibility index (Phi) is 5.67. The number of hydrogen-bond donors (Lipinski definition) is 1. The SMILES string of the molecule is CN(C)CC1CCCN1C1(CN)CCCCCCC1. The van der Waals surface area contributed by atoms with E-state index in [1.54, 1.807) is 0 Å². The summed E-state index contributed by atoms with van der Waals surface area (Å²) in [6, 6.07) is 0.734. The zero-order chi connectivity index (χ0) is 13.7. The minimum Gasteiger partial charge on any atom is -0.329 e. The first-order chi connectivity index (χ1) is 9.18. The van der Waals surface area contributed by atoms with E-state index in [-0.39, 0.29) is 0 Å². The average molecular weight is 267 g/mol.